The van der Waals surface area contributed by atoms with Crippen LogP contribution >= 0.6 is 7.82 Å². The molecule has 750 valence electrons. The van der Waals surface area contributed by atoms with Crippen molar-refractivity contribution in [3.8, 4) is 0 Å². The average Bonchev–Trinajstić information content (AvgIpc) is 0.777. The summed E-state index contributed by atoms with van der Waals surface area (Å²) >= 11 is 0. The van der Waals surface area contributed by atoms with Gasteiger partial charge in [-0.1, -0.05) is 409 Å². The zero-order valence-corrected chi connectivity index (χ0v) is 83.4. The first-order chi connectivity index (χ1) is 61.6. The van der Waals surface area contributed by atoms with Gasteiger partial charge in [0.05, 0.1) is 32.5 Å². The van der Waals surface area contributed by atoms with E-state index in [2.05, 4.69) is 77.8 Å². The van der Waals surface area contributed by atoms with E-state index in [1.54, 1.807) is 0 Å². The minimum Gasteiger partial charge on any atom is -0.462 e. The van der Waals surface area contributed by atoms with E-state index in [0.29, 0.717) is 51.4 Å². The molecule has 2 aliphatic heterocycles. The predicted octanol–water partition coefficient (Wildman–Crippen LogP) is 23.6. The SMILES string of the molecule is CCCCCCCCCCCCCC(=O)O[C@H](CCCCCCCCCCC)CC(=O)NC1C(O)OC(COC2OC(CO)C(OP(=O)(O)O)C(OC(=O)C[C@@H](CCCCCCCCCCC)OC(=O)CCCCCCCCCCCCC)C2NC(=O)C[C@@H](CCCCCCCCCCC)OC(=O)CCCCCCCCCCCCC)C(O)C1O.CCN(CC)CC. The number of amides is 2. The fraction of sp³-hybridized carbons (Fsp3) is 0.941. The molecule has 25 heteroatoms. The Morgan fingerprint density at radius 1 is 0.339 bits per heavy atom. The number of carbonyl (C=O) groups is 6. The molecule has 2 aliphatic rings. The van der Waals surface area contributed by atoms with Crippen molar-refractivity contribution in [2.75, 3.05) is 32.8 Å². The van der Waals surface area contributed by atoms with Gasteiger partial charge in [-0.05, 0) is 77.4 Å². The van der Waals surface area contributed by atoms with Crippen LogP contribution in [-0.4, -0.2) is 183 Å². The molecule has 8 N–H and O–H groups in total. The first-order valence-electron chi connectivity index (χ1n) is 53.0. The number of aliphatic hydroxyl groups excluding tert-OH is 4. The molecule has 24 nitrogen and oxygen atoms in total. The van der Waals surface area contributed by atoms with Crippen LogP contribution in [0.3, 0.4) is 0 Å². The van der Waals surface area contributed by atoms with E-state index in [1.165, 1.54) is 193 Å². The lowest BCUT2D eigenvalue weighted by Gasteiger charge is -2.46. The first kappa shape index (κ1) is 122. The van der Waals surface area contributed by atoms with Crippen molar-refractivity contribution in [1.29, 1.82) is 0 Å². The Labute approximate surface area is 774 Å². The molecule has 0 aromatic carbocycles. The van der Waals surface area contributed by atoms with Crippen LogP contribution in [0, 0.1) is 0 Å². The lowest BCUT2D eigenvalue weighted by molar-refractivity contribution is -0.297. The number of hydrogen-bond acceptors (Lipinski definition) is 20. The van der Waals surface area contributed by atoms with Gasteiger partial charge in [-0.2, -0.15) is 0 Å². The van der Waals surface area contributed by atoms with E-state index in [0.717, 1.165) is 173 Å². The fourth-order valence-electron chi connectivity index (χ4n) is 17.4. The number of aliphatic hydroxyl groups is 4. The molecule has 10 unspecified atom stereocenters. The predicted molar refractivity (Wildman–Crippen MR) is 511 cm³/mol. The van der Waals surface area contributed by atoms with Crippen molar-refractivity contribution in [3.63, 3.8) is 0 Å². The maximum Gasteiger partial charge on any atom is 0.470 e. The van der Waals surface area contributed by atoms with Crippen LogP contribution in [0.4, 0.5) is 0 Å². The summed E-state index contributed by atoms with van der Waals surface area (Å²) in [5.41, 5.74) is 0. The molecule has 2 amide bonds. The molecule has 2 rings (SSSR count). The molecule has 0 aromatic heterocycles. The second-order valence-electron chi connectivity index (χ2n) is 37.1. The van der Waals surface area contributed by atoms with Gasteiger partial charge in [-0.3, -0.25) is 33.3 Å². The van der Waals surface area contributed by atoms with Crippen LogP contribution < -0.4 is 10.6 Å². The molecule has 0 aliphatic carbocycles. The van der Waals surface area contributed by atoms with E-state index in [1.807, 2.05) is 0 Å². The summed E-state index contributed by atoms with van der Waals surface area (Å²) in [6, 6.07) is -3.37. The van der Waals surface area contributed by atoms with Crippen LogP contribution in [0.1, 0.15) is 505 Å². The molecular formula is C102H196N3O21P. The van der Waals surface area contributed by atoms with Crippen LogP contribution in [0.25, 0.3) is 0 Å². The smallest absolute Gasteiger partial charge is 0.462 e. The quantitative estimate of drug-likeness (QED) is 0.0121. The lowest BCUT2D eigenvalue weighted by atomic mass is 9.95. The number of hydrogen-bond donors (Lipinski definition) is 8. The Balaban J connectivity index is 0.0000110. The van der Waals surface area contributed by atoms with E-state index < -0.39 is 149 Å². The lowest BCUT2D eigenvalue weighted by Crippen LogP contribution is -2.67. The molecule has 2 fully saturated rings. The molecule has 127 heavy (non-hydrogen) atoms. The number of esters is 4. The Kier molecular flexibility index (Phi) is 80.8. The highest BCUT2D eigenvalue weighted by atomic mass is 31.2. The molecule has 0 spiro atoms. The zero-order valence-electron chi connectivity index (χ0n) is 82.5. The first-order valence-corrected chi connectivity index (χ1v) is 54.5. The summed E-state index contributed by atoms with van der Waals surface area (Å²) in [7, 11) is -5.58. The van der Waals surface area contributed by atoms with Crippen molar-refractivity contribution in [2.24, 2.45) is 0 Å². The van der Waals surface area contributed by atoms with Gasteiger partial charge < -0.3 is 78.9 Å². The minimum absolute atomic E-state index is 0.124. The van der Waals surface area contributed by atoms with Gasteiger partial charge in [0.15, 0.2) is 18.7 Å². The van der Waals surface area contributed by atoms with Gasteiger partial charge in [0.25, 0.3) is 0 Å². The third-order valence-electron chi connectivity index (χ3n) is 25.5. The highest BCUT2D eigenvalue weighted by molar-refractivity contribution is 7.46. The van der Waals surface area contributed by atoms with Gasteiger partial charge in [-0.25, -0.2) is 4.57 Å². The number of carbonyl (C=O) groups excluding carboxylic acids is 6. The molecule has 0 radical (unpaired) electrons. The normalized spacial score (nSPS) is 19.6. The van der Waals surface area contributed by atoms with Crippen LogP contribution in [-0.2, 0) is 71.0 Å². The highest BCUT2D eigenvalue weighted by Crippen LogP contribution is 2.43. The summed E-state index contributed by atoms with van der Waals surface area (Å²) in [6.07, 6.45) is 46.7. The fourth-order valence-corrected chi connectivity index (χ4v) is 17.9. The van der Waals surface area contributed by atoms with Gasteiger partial charge >= 0.3 is 31.7 Å². The molecular weight excluding hydrogens is 1630 g/mol. The zero-order chi connectivity index (χ0) is 93.4. The monoisotopic (exact) mass is 1830 g/mol. The standard InChI is InChI=1S/C96H181N2O21P.C6H15N/c1-7-13-19-25-31-37-40-46-52-58-64-70-85(102)113-78(67-61-55-49-43-34-28-22-16-10-4)73-83(100)97-89-92(107)91(106)82(116-95(89)108)77-112-96-90(98-84(101)74-79(68-62-56-50-44-35-29-23-17-11-5)114-86(103)71-65-59-53-47-41-38-32-26-20-14-8-2)94(93(81(76-99)117-96)119-120(109,110)111)118-88(105)75-80(69-63-57-51-45-36-30-24-18-12-6)115-87(104)72-66-60-54-48-42-39-33-27-21-15-9-3;1-4-7(5-2)6-3/h78-82,89-96,99,106-108H,7-77H2,1-6H3,(H,97,100)(H,98,101)(H2,109,110,111);4-6H2,1-3H3/t78-,79-,80-,81?,82?,89?,90?,91?,92?,93?,94?,95?,96?;/m1./s1. The summed E-state index contributed by atoms with van der Waals surface area (Å²) in [5, 5.41) is 51.8. The van der Waals surface area contributed by atoms with E-state index in [9.17, 15) is 58.8 Å². The minimum atomic E-state index is -5.58. The second-order valence-corrected chi connectivity index (χ2v) is 38.3. The topological polar surface area (TPSA) is 342 Å². The van der Waals surface area contributed by atoms with Crippen LogP contribution in [0.2, 0.25) is 0 Å². The second kappa shape index (κ2) is 84.4. The van der Waals surface area contributed by atoms with Gasteiger partial charge in [-0.15, -0.1) is 0 Å². The third-order valence-corrected chi connectivity index (χ3v) is 26.0. The van der Waals surface area contributed by atoms with Gasteiger partial charge in [0.2, 0.25) is 11.8 Å². The summed E-state index contributed by atoms with van der Waals surface area (Å²) in [6.45, 7) is 21.5. The van der Waals surface area contributed by atoms with E-state index >= 15 is 4.79 Å². The highest BCUT2D eigenvalue weighted by Gasteiger charge is 2.53. The maximum atomic E-state index is 15.0. The van der Waals surface area contributed by atoms with Crippen molar-refractivity contribution in [2.45, 2.75) is 585 Å². The number of nitrogens with one attached hydrogen (secondary N) is 2. The molecule has 13 atom stereocenters. The van der Waals surface area contributed by atoms with E-state index in [-0.39, 0.29) is 32.1 Å². The number of phosphoric ester groups is 1. The number of nitrogens with zero attached hydrogens (tertiary/aromatic N) is 1. The number of unbranched alkanes of at least 4 members (excludes halogenated alkanes) is 54. The van der Waals surface area contributed by atoms with Gasteiger partial charge in [0, 0.05) is 19.3 Å². The summed E-state index contributed by atoms with van der Waals surface area (Å²) < 4.78 is 61.5. The largest absolute Gasteiger partial charge is 0.470 e. The molecule has 0 aromatic rings. The van der Waals surface area contributed by atoms with Gasteiger partial charge in [0.1, 0.15) is 60.9 Å². The number of rotatable bonds is 87. The number of ether oxygens (including phenoxy) is 7. The molecule has 2 heterocycles. The van der Waals surface area contributed by atoms with Crippen molar-refractivity contribution in [3.05, 3.63) is 0 Å². The summed E-state index contributed by atoms with van der Waals surface area (Å²) in [4.78, 5) is 108. The molecule has 0 bridgehead atoms. The summed E-state index contributed by atoms with van der Waals surface area (Å²) in [5.74, 6) is -3.84. The van der Waals surface area contributed by atoms with Crippen LogP contribution in [0.5, 0.6) is 0 Å². The Hall–Kier alpha value is -3.39. The Morgan fingerprint density at radius 3 is 0.890 bits per heavy atom. The molecule has 2 saturated heterocycles. The Bertz CT molecular complexity index is 2620. The third kappa shape index (κ3) is 67.5. The van der Waals surface area contributed by atoms with Crippen LogP contribution in [0.15, 0.2) is 0 Å². The van der Waals surface area contributed by atoms with Crippen molar-refractivity contribution >= 4 is 43.5 Å². The Morgan fingerprint density at radius 2 is 0.614 bits per heavy atom. The maximum absolute atomic E-state index is 15.0. The van der Waals surface area contributed by atoms with E-state index in [4.69, 9.17) is 37.7 Å². The van der Waals surface area contributed by atoms with Crippen molar-refractivity contribution < 1.29 is 101 Å². The molecule has 0 saturated carbocycles. The van der Waals surface area contributed by atoms with Crippen molar-refractivity contribution in [1.82, 2.24) is 15.5 Å². The average molecular weight is 1830 g/mol. The number of phosphoric acid groups is 1.